The Balaban J connectivity index is 2.61. The minimum absolute atomic E-state index is 0.0526. The molecule has 98 valence electrons. The van der Waals surface area contributed by atoms with Crippen molar-refractivity contribution in [1.82, 2.24) is 10.2 Å². The molecule has 1 heterocycles. The SMILES string of the molecule is CC[C@H](C)[C@H](NC(=O)C1CCCN1C)C(=O)O. The highest BCUT2D eigenvalue weighted by Gasteiger charge is 2.32. The van der Waals surface area contributed by atoms with Crippen LogP contribution in [0, 0.1) is 5.92 Å². The third kappa shape index (κ3) is 3.43. The Kier molecular flexibility index (Phi) is 4.93. The van der Waals surface area contributed by atoms with Gasteiger partial charge in [-0.05, 0) is 32.4 Å². The molecule has 1 aliphatic rings. The van der Waals surface area contributed by atoms with Gasteiger partial charge in [0.2, 0.25) is 5.91 Å². The summed E-state index contributed by atoms with van der Waals surface area (Å²) in [6.07, 6.45) is 2.54. The average molecular weight is 242 g/mol. The zero-order valence-electron chi connectivity index (χ0n) is 10.8. The summed E-state index contributed by atoms with van der Waals surface area (Å²) in [4.78, 5) is 25.1. The first-order valence-electron chi connectivity index (χ1n) is 6.20. The van der Waals surface area contributed by atoms with E-state index in [-0.39, 0.29) is 17.9 Å². The van der Waals surface area contributed by atoms with Crippen LogP contribution in [0.15, 0.2) is 0 Å². The highest BCUT2D eigenvalue weighted by Crippen LogP contribution is 2.16. The molecular formula is C12H22N2O3. The molecule has 0 aromatic rings. The number of carboxylic acids is 1. The largest absolute Gasteiger partial charge is 0.480 e. The molecule has 3 atom stereocenters. The highest BCUT2D eigenvalue weighted by molar-refractivity contribution is 5.87. The van der Waals surface area contributed by atoms with Crippen LogP contribution >= 0.6 is 0 Å². The first kappa shape index (κ1) is 14.0. The minimum atomic E-state index is -0.951. The fourth-order valence-electron chi connectivity index (χ4n) is 2.17. The molecular weight excluding hydrogens is 220 g/mol. The molecule has 1 rings (SSSR count). The van der Waals surface area contributed by atoms with Crippen LogP contribution in [0.3, 0.4) is 0 Å². The van der Waals surface area contributed by atoms with Gasteiger partial charge in [0.15, 0.2) is 0 Å². The average Bonchev–Trinajstić information content (AvgIpc) is 2.70. The highest BCUT2D eigenvalue weighted by atomic mass is 16.4. The van der Waals surface area contributed by atoms with Crippen molar-refractivity contribution >= 4 is 11.9 Å². The minimum Gasteiger partial charge on any atom is -0.480 e. The lowest BCUT2D eigenvalue weighted by Crippen LogP contribution is -2.51. The molecule has 5 nitrogen and oxygen atoms in total. The van der Waals surface area contributed by atoms with Crippen LogP contribution in [0.1, 0.15) is 33.1 Å². The van der Waals surface area contributed by atoms with E-state index in [9.17, 15) is 9.59 Å². The number of nitrogens with one attached hydrogen (secondary N) is 1. The van der Waals surface area contributed by atoms with Crippen LogP contribution in [0.25, 0.3) is 0 Å². The smallest absolute Gasteiger partial charge is 0.326 e. The predicted octanol–water partition coefficient (Wildman–Crippen LogP) is 0.696. The van der Waals surface area contributed by atoms with Gasteiger partial charge >= 0.3 is 5.97 Å². The number of nitrogens with zero attached hydrogens (tertiary/aromatic N) is 1. The van der Waals surface area contributed by atoms with Gasteiger partial charge in [-0.2, -0.15) is 0 Å². The molecule has 0 aromatic carbocycles. The predicted molar refractivity (Wildman–Crippen MR) is 64.7 cm³/mol. The second-order valence-electron chi connectivity index (χ2n) is 4.85. The standard InChI is InChI=1S/C12H22N2O3/c1-4-8(2)10(12(16)17)13-11(15)9-6-5-7-14(9)3/h8-10H,4-7H2,1-3H3,(H,13,15)(H,16,17)/t8-,9?,10-/m0/s1. The number of likely N-dealkylation sites (tertiary alicyclic amines) is 1. The topological polar surface area (TPSA) is 69.6 Å². The molecule has 0 spiro atoms. The van der Waals surface area contributed by atoms with Crippen molar-refractivity contribution in [3.05, 3.63) is 0 Å². The lowest BCUT2D eigenvalue weighted by molar-refractivity contribution is -0.144. The maximum atomic E-state index is 12.0. The Labute approximate surface area is 102 Å². The molecule has 1 aliphatic heterocycles. The van der Waals surface area contributed by atoms with Crippen molar-refractivity contribution in [1.29, 1.82) is 0 Å². The number of amides is 1. The summed E-state index contributed by atoms with van der Waals surface area (Å²) in [5.74, 6) is -1.16. The van der Waals surface area contributed by atoms with Crippen molar-refractivity contribution in [3.8, 4) is 0 Å². The number of likely N-dealkylation sites (N-methyl/N-ethyl adjacent to an activating group) is 1. The summed E-state index contributed by atoms with van der Waals surface area (Å²) in [5.41, 5.74) is 0. The van der Waals surface area contributed by atoms with E-state index in [0.29, 0.717) is 0 Å². The third-order valence-electron chi connectivity index (χ3n) is 3.60. The van der Waals surface area contributed by atoms with Crippen LogP contribution < -0.4 is 5.32 Å². The summed E-state index contributed by atoms with van der Waals surface area (Å²) in [6.45, 7) is 4.67. The zero-order chi connectivity index (χ0) is 13.0. The van der Waals surface area contributed by atoms with Gasteiger partial charge in [-0.3, -0.25) is 9.69 Å². The Morgan fingerprint density at radius 2 is 2.18 bits per heavy atom. The first-order chi connectivity index (χ1) is 7.97. The molecule has 1 unspecified atom stereocenters. The Hall–Kier alpha value is -1.10. The summed E-state index contributed by atoms with van der Waals surface area (Å²) in [7, 11) is 1.90. The van der Waals surface area contributed by atoms with Crippen LogP contribution in [0.4, 0.5) is 0 Å². The van der Waals surface area contributed by atoms with E-state index in [4.69, 9.17) is 5.11 Å². The van der Waals surface area contributed by atoms with Crippen LogP contribution in [-0.2, 0) is 9.59 Å². The van der Waals surface area contributed by atoms with Gasteiger partial charge in [0.25, 0.3) is 0 Å². The summed E-state index contributed by atoms with van der Waals surface area (Å²) < 4.78 is 0. The second-order valence-corrected chi connectivity index (χ2v) is 4.85. The summed E-state index contributed by atoms with van der Waals surface area (Å²) in [5, 5.41) is 11.8. The molecule has 1 saturated heterocycles. The number of hydrogen-bond acceptors (Lipinski definition) is 3. The fraction of sp³-hybridized carbons (Fsp3) is 0.833. The quantitative estimate of drug-likeness (QED) is 0.744. The fourth-order valence-corrected chi connectivity index (χ4v) is 2.17. The van der Waals surface area contributed by atoms with Gasteiger partial charge in [-0.1, -0.05) is 20.3 Å². The molecule has 0 aliphatic carbocycles. The second kappa shape index (κ2) is 6.00. The van der Waals surface area contributed by atoms with E-state index in [1.165, 1.54) is 0 Å². The Morgan fingerprint density at radius 3 is 2.59 bits per heavy atom. The number of aliphatic carboxylic acids is 1. The van der Waals surface area contributed by atoms with Gasteiger partial charge in [-0.25, -0.2) is 4.79 Å². The van der Waals surface area contributed by atoms with Gasteiger partial charge in [0.05, 0.1) is 6.04 Å². The monoisotopic (exact) mass is 242 g/mol. The number of carbonyl (C=O) groups excluding carboxylic acids is 1. The lowest BCUT2D eigenvalue weighted by Gasteiger charge is -2.24. The van der Waals surface area contributed by atoms with Gasteiger partial charge < -0.3 is 10.4 Å². The van der Waals surface area contributed by atoms with Crippen molar-refractivity contribution in [3.63, 3.8) is 0 Å². The molecule has 2 N–H and O–H groups in total. The number of carboxylic acid groups (broad SMARTS) is 1. The molecule has 5 heteroatoms. The van der Waals surface area contributed by atoms with E-state index in [1.54, 1.807) is 0 Å². The van der Waals surface area contributed by atoms with Crippen LogP contribution in [-0.4, -0.2) is 47.6 Å². The van der Waals surface area contributed by atoms with Crippen molar-refractivity contribution in [2.75, 3.05) is 13.6 Å². The van der Waals surface area contributed by atoms with E-state index in [1.807, 2.05) is 25.8 Å². The first-order valence-corrected chi connectivity index (χ1v) is 6.20. The van der Waals surface area contributed by atoms with E-state index in [0.717, 1.165) is 25.8 Å². The normalized spacial score (nSPS) is 24.3. The molecule has 0 saturated carbocycles. The molecule has 0 bridgehead atoms. The molecule has 17 heavy (non-hydrogen) atoms. The van der Waals surface area contributed by atoms with Crippen molar-refractivity contribution in [2.45, 2.75) is 45.2 Å². The van der Waals surface area contributed by atoms with Crippen molar-refractivity contribution in [2.24, 2.45) is 5.92 Å². The zero-order valence-corrected chi connectivity index (χ0v) is 10.8. The number of carbonyl (C=O) groups is 2. The maximum Gasteiger partial charge on any atom is 0.326 e. The Bertz CT molecular complexity index is 293. The number of hydrogen-bond donors (Lipinski definition) is 2. The summed E-state index contributed by atoms with van der Waals surface area (Å²) in [6, 6.07) is -0.942. The van der Waals surface area contributed by atoms with E-state index < -0.39 is 12.0 Å². The lowest BCUT2D eigenvalue weighted by atomic mass is 9.99. The van der Waals surface area contributed by atoms with Crippen LogP contribution in [0.2, 0.25) is 0 Å². The molecule has 0 aromatic heterocycles. The summed E-state index contributed by atoms with van der Waals surface area (Å²) >= 11 is 0. The van der Waals surface area contributed by atoms with Gasteiger partial charge in [-0.15, -0.1) is 0 Å². The number of rotatable bonds is 5. The molecule has 1 fully saturated rings. The van der Waals surface area contributed by atoms with Crippen LogP contribution in [0.5, 0.6) is 0 Å². The van der Waals surface area contributed by atoms with E-state index >= 15 is 0 Å². The van der Waals surface area contributed by atoms with Crippen molar-refractivity contribution < 1.29 is 14.7 Å². The molecule has 1 amide bonds. The Morgan fingerprint density at radius 1 is 1.53 bits per heavy atom. The van der Waals surface area contributed by atoms with E-state index in [2.05, 4.69) is 5.32 Å². The van der Waals surface area contributed by atoms with Gasteiger partial charge in [0.1, 0.15) is 6.04 Å². The third-order valence-corrected chi connectivity index (χ3v) is 3.60. The van der Waals surface area contributed by atoms with Gasteiger partial charge in [0, 0.05) is 0 Å². The maximum absolute atomic E-state index is 12.0. The molecule has 0 radical (unpaired) electrons.